The number of amides is 9. The van der Waals surface area contributed by atoms with Gasteiger partial charge in [-0.1, -0.05) is 13.8 Å². The Morgan fingerprint density at radius 1 is 0.538 bits per heavy atom. The molecule has 0 aromatic rings. The molecule has 0 spiro atoms. The molecule has 29 heteroatoms. The molecular formula is C36H66N16O12S. The second kappa shape index (κ2) is 32.2. The molecule has 0 heterocycles. The van der Waals surface area contributed by atoms with Crippen LogP contribution in [0.5, 0.6) is 0 Å². The first-order valence-electron chi connectivity index (χ1n) is 20.3. The fourth-order valence-electron chi connectivity index (χ4n) is 5.22. The maximum absolute atomic E-state index is 13.2. The van der Waals surface area contributed by atoms with E-state index in [1.165, 1.54) is 18.7 Å². The zero-order valence-corrected chi connectivity index (χ0v) is 37.7. The van der Waals surface area contributed by atoms with Crippen LogP contribution in [0, 0.1) is 5.92 Å². The van der Waals surface area contributed by atoms with E-state index in [2.05, 4.69) is 57.8 Å². The highest BCUT2D eigenvalue weighted by atomic mass is 32.2. The van der Waals surface area contributed by atoms with E-state index >= 15 is 0 Å². The summed E-state index contributed by atoms with van der Waals surface area (Å²) in [4.78, 5) is 134. The van der Waals surface area contributed by atoms with Crippen LogP contribution in [0.2, 0.25) is 0 Å². The molecule has 21 N–H and O–H groups in total. The van der Waals surface area contributed by atoms with Crippen LogP contribution < -0.4 is 76.5 Å². The van der Waals surface area contributed by atoms with E-state index < -0.39 is 128 Å². The van der Waals surface area contributed by atoms with Gasteiger partial charge in [-0.3, -0.25) is 57.9 Å². The molecular weight excluding hydrogens is 881 g/mol. The van der Waals surface area contributed by atoms with E-state index in [-0.39, 0.29) is 63.0 Å². The van der Waals surface area contributed by atoms with E-state index in [1.807, 2.05) is 0 Å². The largest absolute Gasteiger partial charge is 0.480 e. The average molecular weight is 947 g/mol. The number of nitrogens with one attached hydrogen (secondary N) is 9. The molecule has 0 unspecified atom stereocenters. The maximum Gasteiger partial charge on any atom is 0.322 e. The Labute approximate surface area is 379 Å². The molecule has 0 rings (SSSR count). The Hall–Kier alpha value is -6.49. The lowest BCUT2D eigenvalue weighted by molar-refractivity contribution is -0.138. The summed E-state index contributed by atoms with van der Waals surface area (Å²) in [7, 11) is 0. The molecule has 65 heavy (non-hydrogen) atoms. The van der Waals surface area contributed by atoms with Crippen molar-refractivity contribution < 1.29 is 58.2 Å². The predicted molar refractivity (Wildman–Crippen MR) is 238 cm³/mol. The van der Waals surface area contributed by atoms with E-state index in [0.717, 1.165) is 0 Å². The normalized spacial score (nSPS) is 13.4. The number of nitrogens with zero attached hydrogens (tertiary/aromatic N) is 2. The second-order valence-electron chi connectivity index (χ2n) is 14.6. The Morgan fingerprint density at radius 3 is 1.31 bits per heavy atom. The van der Waals surface area contributed by atoms with Gasteiger partial charge in [-0.05, 0) is 57.0 Å². The number of aliphatic imine (C=N–C) groups is 2. The van der Waals surface area contributed by atoms with Gasteiger partial charge >= 0.3 is 5.97 Å². The smallest absolute Gasteiger partial charge is 0.322 e. The molecule has 0 aliphatic carbocycles. The number of rotatable bonds is 32. The Balaban J connectivity index is 5.66. The summed E-state index contributed by atoms with van der Waals surface area (Å²) in [5.74, 6) is -9.14. The van der Waals surface area contributed by atoms with Gasteiger partial charge in [0.15, 0.2) is 11.9 Å². The van der Waals surface area contributed by atoms with Gasteiger partial charge in [-0.15, -0.1) is 0 Å². The molecule has 368 valence electrons. The summed E-state index contributed by atoms with van der Waals surface area (Å²) >= 11 is 1.33. The Bertz CT molecular complexity index is 1690. The van der Waals surface area contributed by atoms with Gasteiger partial charge in [0.1, 0.15) is 36.8 Å². The number of nitrogens with two attached hydrogens (primary N) is 5. The molecule has 0 fully saturated rings. The van der Waals surface area contributed by atoms with Crippen LogP contribution >= 0.6 is 11.8 Å². The summed E-state index contributed by atoms with van der Waals surface area (Å²) in [5.41, 5.74) is 26.9. The van der Waals surface area contributed by atoms with Crippen LogP contribution in [0.15, 0.2) is 9.98 Å². The van der Waals surface area contributed by atoms with Crippen LogP contribution in [0.3, 0.4) is 0 Å². The number of hydrogen-bond acceptors (Lipinski definition) is 15. The van der Waals surface area contributed by atoms with E-state index in [4.69, 9.17) is 33.8 Å². The first-order valence-corrected chi connectivity index (χ1v) is 21.7. The van der Waals surface area contributed by atoms with Crippen molar-refractivity contribution in [2.24, 2.45) is 44.6 Å². The van der Waals surface area contributed by atoms with E-state index in [9.17, 15) is 53.1 Å². The van der Waals surface area contributed by atoms with Crippen LogP contribution in [0.4, 0.5) is 0 Å². The lowest BCUT2D eigenvalue weighted by Crippen LogP contribution is -2.58. The molecule has 28 nitrogen and oxygen atoms in total. The second-order valence-corrected chi connectivity index (χ2v) is 15.6. The highest BCUT2D eigenvalue weighted by Gasteiger charge is 2.30. The summed E-state index contributed by atoms with van der Waals surface area (Å²) in [5, 5.41) is 40.0. The first-order chi connectivity index (χ1) is 30.5. The molecule has 0 bridgehead atoms. The van der Waals surface area contributed by atoms with E-state index in [0.29, 0.717) is 5.75 Å². The van der Waals surface area contributed by atoms with Gasteiger partial charge in [-0.2, -0.15) is 11.8 Å². The third kappa shape index (κ3) is 26.7. The number of hydrogen-bond donors (Lipinski definition) is 16. The van der Waals surface area contributed by atoms with Gasteiger partial charge in [0, 0.05) is 13.1 Å². The maximum atomic E-state index is 13.2. The minimum absolute atomic E-state index is 0.00270. The van der Waals surface area contributed by atoms with Crippen molar-refractivity contribution in [3.8, 4) is 0 Å². The Kier molecular flexibility index (Phi) is 29.0. The highest BCUT2D eigenvalue weighted by molar-refractivity contribution is 7.98. The minimum atomic E-state index is -1.57. The lowest BCUT2D eigenvalue weighted by Gasteiger charge is -2.24. The number of carboxylic acid groups (broad SMARTS) is 1. The van der Waals surface area contributed by atoms with Crippen molar-refractivity contribution in [3.05, 3.63) is 0 Å². The number of aliphatic hydroxyl groups excluding tert-OH is 1. The highest BCUT2D eigenvalue weighted by Crippen LogP contribution is 2.05. The zero-order chi connectivity index (χ0) is 49.6. The number of carbonyl (C=O) groups is 10. The van der Waals surface area contributed by atoms with Crippen LogP contribution in [-0.2, 0) is 47.9 Å². The van der Waals surface area contributed by atoms with Gasteiger partial charge in [0.05, 0.1) is 32.3 Å². The SMILES string of the molecule is CSCC[C@H](NC(=O)[C@H](CO)NC(=O)CNC(=O)[C@@H](NC(=O)[C@H](C)N)C(C)C)C(=O)NCC(=O)N[C@@H](CCCN=C(N)N)C(=O)NCC(=O)N[C@@H](CCCN=C(N)N)C(=O)NCC(=O)O. The molecule has 6 atom stereocenters. The van der Waals surface area contributed by atoms with Crippen molar-refractivity contribution in [2.75, 3.05) is 57.9 Å². The Morgan fingerprint density at radius 2 is 0.938 bits per heavy atom. The predicted octanol–water partition coefficient (Wildman–Crippen LogP) is -8.18. The van der Waals surface area contributed by atoms with Gasteiger partial charge in [0.25, 0.3) is 0 Å². The van der Waals surface area contributed by atoms with Gasteiger partial charge in [0.2, 0.25) is 53.2 Å². The minimum Gasteiger partial charge on any atom is -0.480 e. The third-order valence-electron chi connectivity index (χ3n) is 8.62. The summed E-state index contributed by atoms with van der Waals surface area (Å²) in [6, 6.07) is -7.28. The molecule has 0 saturated carbocycles. The number of carboxylic acids is 1. The van der Waals surface area contributed by atoms with Crippen molar-refractivity contribution in [1.29, 1.82) is 0 Å². The number of thioether (sulfide) groups is 1. The molecule has 0 aliphatic rings. The quantitative estimate of drug-likeness (QED) is 0.0169. The molecule has 0 radical (unpaired) electrons. The standard InChI is InChI=1S/C36H66N16O12S/c1-18(2)28(52-29(59)19(3)37)34(64)46-15-26(56)50-23(17-53)33(63)51-22(9-12-65-4)32(62)45-14-25(55)48-20(7-5-10-42-35(38)39)30(60)44-13-24(54)49-21(8-6-11-43-36(40)41)31(61)47-16-27(57)58/h18-23,28,53H,5-17,37H2,1-4H3,(H,44,60)(H,45,62)(H,46,64)(H,47,61)(H,48,55)(H,49,54)(H,50,56)(H,51,63)(H,52,59)(H,57,58)(H4,38,39,42)(H4,40,41,43)/t19-,20-,21-,22-,23-,28-/m0/s1. The van der Waals surface area contributed by atoms with Gasteiger partial charge < -0.3 is 86.7 Å². The summed E-state index contributed by atoms with van der Waals surface area (Å²) < 4.78 is 0. The molecule has 0 aliphatic heterocycles. The van der Waals surface area contributed by atoms with Crippen molar-refractivity contribution in [1.82, 2.24) is 47.9 Å². The monoisotopic (exact) mass is 946 g/mol. The molecule has 0 saturated heterocycles. The van der Waals surface area contributed by atoms with Gasteiger partial charge in [-0.25, -0.2) is 0 Å². The number of aliphatic hydroxyl groups is 1. The lowest BCUT2D eigenvalue weighted by atomic mass is 10.0. The van der Waals surface area contributed by atoms with Crippen LogP contribution in [0.1, 0.15) is 52.9 Å². The number of aliphatic carboxylic acids is 1. The fraction of sp³-hybridized carbons (Fsp3) is 0.667. The van der Waals surface area contributed by atoms with E-state index in [1.54, 1.807) is 20.1 Å². The van der Waals surface area contributed by atoms with Crippen molar-refractivity contribution >= 4 is 82.8 Å². The van der Waals surface area contributed by atoms with Crippen molar-refractivity contribution in [2.45, 2.75) is 89.1 Å². The molecule has 0 aromatic heterocycles. The first kappa shape index (κ1) is 58.5. The number of guanidine groups is 2. The number of carbonyl (C=O) groups excluding carboxylic acids is 9. The third-order valence-corrected chi connectivity index (χ3v) is 9.26. The van der Waals surface area contributed by atoms with Crippen LogP contribution in [-0.4, -0.2) is 175 Å². The fourth-order valence-corrected chi connectivity index (χ4v) is 5.69. The molecule has 0 aromatic carbocycles. The average Bonchev–Trinajstić information content (AvgIpc) is 3.23. The van der Waals surface area contributed by atoms with Crippen molar-refractivity contribution in [3.63, 3.8) is 0 Å². The topological polar surface area (TPSA) is 474 Å². The molecule has 9 amide bonds. The summed E-state index contributed by atoms with van der Waals surface area (Å²) in [6.45, 7) is 1.27. The van der Waals surface area contributed by atoms with Crippen LogP contribution in [0.25, 0.3) is 0 Å². The zero-order valence-electron chi connectivity index (χ0n) is 36.9. The summed E-state index contributed by atoms with van der Waals surface area (Å²) in [6.07, 6.45) is 2.10.